The minimum absolute atomic E-state index is 0.0246. The Balaban J connectivity index is 1.42. The molecule has 250 valence electrons. The Morgan fingerprint density at radius 2 is 1.83 bits per heavy atom. The Morgan fingerprint density at radius 1 is 1.11 bits per heavy atom. The third kappa shape index (κ3) is 5.68. The molecule has 1 spiro atoms. The third-order valence-electron chi connectivity index (χ3n) is 10.2. The molecular formula is C33H40N5O8S+. The van der Waals surface area contributed by atoms with E-state index in [1.807, 2.05) is 26.8 Å². The van der Waals surface area contributed by atoms with Gasteiger partial charge in [-0.15, -0.1) is 0 Å². The fraction of sp³-hybridized carbons (Fsp3) is 0.455. The summed E-state index contributed by atoms with van der Waals surface area (Å²) in [5, 5.41) is 53.5. The molecule has 0 aromatic carbocycles. The van der Waals surface area contributed by atoms with E-state index in [2.05, 4.69) is 32.8 Å². The zero-order chi connectivity index (χ0) is 33.9. The number of allylic oxidation sites excluding steroid dienone is 2. The molecule has 1 unspecified atom stereocenters. The van der Waals surface area contributed by atoms with Crippen molar-refractivity contribution in [2.75, 3.05) is 12.4 Å². The molecule has 0 bridgehead atoms. The van der Waals surface area contributed by atoms with Gasteiger partial charge in [-0.3, -0.25) is 24.5 Å². The van der Waals surface area contributed by atoms with E-state index in [1.165, 1.54) is 17.8 Å². The highest BCUT2D eigenvalue weighted by molar-refractivity contribution is 7.86. The lowest BCUT2D eigenvalue weighted by Crippen LogP contribution is -2.42. The molecule has 14 heteroatoms. The van der Waals surface area contributed by atoms with Gasteiger partial charge in [0.2, 0.25) is 5.91 Å². The summed E-state index contributed by atoms with van der Waals surface area (Å²) in [6, 6.07) is -0.985. The van der Waals surface area contributed by atoms with Crippen molar-refractivity contribution in [1.82, 2.24) is 26.3 Å². The van der Waals surface area contributed by atoms with Crippen molar-refractivity contribution in [3.05, 3.63) is 69.0 Å². The minimum Gasteiger partial charge on any atom is -0.511 e. The average molecular weight is 667 g/mol. The second-order valence-corrected chi connectivity index (χ2v) is 14.3. The molecule has 5 aliphatic rings. The summed E-state index contributed by atoms with van der Waals surface area (Å²) < 4.78 is 0. The maximum absolute atomic E-state index is 12.6. The van der Waals surface area contributed by atoms with Gasteiger partial charge in [0.25, 0.3) is 5.91 Å². The summed E-state index contributed by atoms with van der Waals surface area (Å²) in [6.45, 7) is 8.98. The summed E-state index contributed by atoms with van der Waals surface area (Å²) in [6.07, 6.45) is 4.54. The van der Waals surface area contributed by atoms with Gasteiger partial charge in [0, 0.05) is 52.2 Å². The van der Waals surface area contributed by atoms with Crippen molar-refractivity contribution in [3.63, 3.8) is 0 Å². The van der Waals surface area contributed by atoms with Crippen LogP contribution in [-0.2, 0) is 37.4 Å². The number of nitrogens with one attached hydrogen (secondary N) is 5. The second-order valence-electron chi connectivity index (χ2n) is 12.9. The first-order chi connectivity index (χ1) is 22.3. The number of carbonyl (C=O) groups excluding carboxylic acids is 2. The smallest absolute Gasteiger partial charge is 0.311 e. The molecular weight excluding hydrogens is 626 g/mol. The standard InChI is InChI=1S/C33H39N5O8S/c1-5-16-18(11-39)29(36-32(16)46)30-33(38-30)15(4)28(23(40)10-26(43)44)22(37-33)9-20-17(6-7-25(41)42)13(2)19(34-20)8-21-27(24-12-47-24)14(3)31(45)35-21/h5,8-9,14-15,24,27,29-30,34,37-40H,1,6-7,10-12H2,2-4H3,(H,35,45)(H,36,46)(H,41,42)(H,43,44)/p+1/b21-8-,22-9-,28-23+/t14-,15?,24+,27-,29+,30+,33+/m1/s1. The van der Waals surface area contributed by atoms with Crippen LogP contribution < -0.4 is 21.3 Å². The Labute approximate surface area is 275 Å². The molecule has 0 saturated carbocycles. The van der Waals surface area contributed by atoms with Gasteiger partial charge >= 0.3 is 11.9 Å². The fourth-order valence-electron chi connectivity index (χ4n) is 7.53. The van der Waals surface area contributed by atoms with Gasteiger partial charge in [0.05, 0.1) is 24.6 Å². The van der Waals surface area contributed by atoms with Crippen LogP contribution in [0.15, 0.2) is 46.5 Å². The number of hydrogen-bond donors (Lipinski definition) is 9. The molecule has 5 aliphatic heterocycles. The Morgan fingerprint density at radius 3 is 2.45 bits per heavy atom. The quantitative estimate of drug-likeness (QED) is 0.0698. The average Bonchev–Trinajstić information content (AvgIpc) is 3.86. The summed E-state index contributed by atoms with van der Waals surface area (Å²) >= 11 is 1.31. The molecule has 0 radical (unpaired) electrons. The van der Waals surface area contributed by atoms with E-state index in [4.69, 9.17) is 0 Å². The molecule has 7 atom stereocenters. The third-order valence-corrected chi connectivity index (χ3v) is 11.3. The molecule has 47 heavy (non-hydrogen) atoms. The summed E-state index contributed by atoms with van der Waals surface area (Å²) in [4.78, 5) is 51.9. The van der Waals surface area contributed by atoms with Gasteiger partial charge in [-0.2, -0.15) is 0 Å². The van der Waals surface area contributed by atoms with Crippen molar-refractivity contribution in [3.8, 4) is 0 Å². The van der Waals surface area contributed by atoms with Gasteiger partial charge in [0.15, 0.2) is 11.0 Å². The van der Waals surface area contributed by atoms with E-state index < -0.39 is 42.0 Å². The van der Waals surface area contributed by atoms with Crippen molar-refractivity contribution >= 4 is 47.7 Å². The Hall–Kier alpha value is -4.27. The van der Waals surface area contributed by atoms with E-state index in [1.54, 1.807) is 6.08 Å². The van der Waals surface area contributed by atoms with Crippen LogP contribution in [-0.4, -0.2) is 84.5 Å². The number of carboxylic acid groups (broad SMARTS) is 2. The number of aromatic nitrogens is 1. The molecule has 6 heterocycles. The maximum Gasteiger partial charge on any atom is 0.311 e. The first-order valence-corrected chi connectivity index (χ1v) is 16.8. The van der Waals surface area contributed by atoms with Gasteiger partial charge in [-0.25, -0.2) is 0 Å². The van der Waals surface area contributed by atoms with Gasteiger partial charge in [0.1, 0.15) is 17.8 Å². The van der Waals surface area contributed by atoms with Crippen molar-refractivity contribution < 1.29 is 39.6 Å². The number of carbonyl (C=O) groups is 4. The number of hydrogen-bond acceptors (Lipinski definition) is 8. The highest BCUT2D eigenvalue weighted by Crippen LogP contribution is 2.49. The van der Waals surface area contributed by atoms with E-state index in [-0.39, 0.29) is 48.9 Å². The molecule has 1 aromatic heterocycles. The summed E-state index contributed by atoms with van der Waals surface area (Å²) in [5.74, 6) is -2.40. The van der Waals surface area contributed by atoms with E-state index in [0.29, 0.717) is 33.4 Å². The van der Waals surface area contributed by atoms with Gasteiger partial charge < -0.3 is 41.4 Å². The van der Waals surface area contributed by atoms with Gasteiger partial charge in [-0.1, -0.05) is 26.5 Å². The van der Waals surface area contributed by atoms with Crippen LogP contribution in [0.5, 0.6) is 0 Å². The lowest BCUT2D eigenvalue weighted by Gasteiger charge is -2.19. The number of H-pyrrole nitrogens is 1. The molecule has 4 fully saturated rings. The van der Waals surface area contributed by atoms with E-state index in [0.717, 1.165) is 28.3 Å². The fourth-order valence-corrected chi connectivity index (χ4v) is 8.53. The Bertz CT molecular complexity index is 1720. The zero-order valence-corrected chi connectivity index (χ0v) is 27.2. The maximum atomic E-state index is 12.6. The Kier molecular flexibility index (Phi) is 8.39. The molecule has 2 amide bonds. The van der Waals surface area contributed by atoms with Crippen LogP contribution in [0, 0.1) is 24.7 Å². The summed E-state index contributed by atoms with van der Waals surface area (Å²) in [5.41, 5.74) is 4.38. The van der Waals surface area contributed by atoms with Crippen LogP contribution in [0.4, 0.5) is 0 Å². The highest BCUT2D eigenvalue weighted by Gasteiger charge is 2.67. The number of rotatable bonds is 11. The largest absolute Gasteiger partial charge is 0.511 e. The number of amides is 2. The second kappa shape index (κ2) is 12.1. The topological polar surface area (TPSA) is 223 Å². The van der Waals surface area contributed by atoms with E-state index >= 15 is 0 Å². The van der Waals surface area contributed by atoms with Crippen molar-refractivity contribution in [2.45, 2.75) is 63.0 Å². The van der Waals surface area contributed by atoms with E-state index in [9.17, 15) is 39.6 Å². The SMILES string of the molecule is C=CC1=C(CO)[C@@H]([C@@H]2N[C@]23NC(=C\c2[nH]c(/C=C4\NC(=O)[C@H](C)[C@H]4[C@@H]4C[SH+]4)c(C)c2CCC(=O)O)/C(=C(/O)CC(=O)O)C3C)NC1=O. The lowest BCUT2D eigenvalue weighted by atomic mass is 9.89. The van der Waals surface area contributed by atoms with Crippen LogP contribution in [0.2, 0.25) is 0 Å². The molecule has 9 N–H and O–H groups in total. The lowest BCUT2D eigenvalue weighted by molar-refractivity contribution is -0.137. The molecule has 6 rings (SSSR count). The molecule has 1 aromatic rings. The molecule has 0 aliphatic carbocycles. The first-order valence-electron chi connectivity index (χ1n) is 15.6. The zero-order valence-electron chi connectivity index (χ0n) is 26.3. The monoisotopic (exact) mass is 666 g/mol. The van der Waals surface area contributed by atoms with Crippen LogP contribution in [0.1, 0.15) is 49.2 Å². The number of aliphatic carboxylic acids is 2. The number of aromatic amines is 1. The molecule has 13 nitrogen and oxygen atoms in total. The number of aliphatic hydroxyl groups excluding tert-OH is 2. The number of carboxylic acids is 2. The first kappa shape index (κ1) is 32.7. The van der Waals surface area contributed by atoms with Gasteiger partial charge in [-0.05, 0) is 54.0 Å². The molecule has 4 saturated heterocycles. The van der Waals surface area contributed by atoms with Crippen LogP contribution >= 0.6 is 0 Å². The predicted molar refractivity (Wildman–Crippen MR) is 176 cm³/mol. The predicted octanol–water partition coefficient (Wildman–Crippen LogP) is 0.769. The van der Waals surface area contributed by atoms with Crippen LogP contribution in [0.3, 0.4) is 0 Å². The number of aliphatic hydroxyl groups is 2. The normalized spacial score (nSPS) is 33.8. The highest BCUT2D eigenvalue weighted by atomic mass is 32.2. The van der Waals surface area contributed by atoms with Crippen LogP contribution in [0.25, 0.3) is 12.2 Å². The number of thiol groups is 1. The van der Waals surface area contributed by atoms with Crippen molar-refractivity contribution in [2.24, 2.45) is 17.8 Å². The van der Waals surface area contributed by atoms with Crippen molar-refractivity contribution in [1.29, 1.82) is 0 Å². The minimum atomic E-state index is -1.21. The summed E-state index contributed by atoms with van der Waals surface area (Å²) in [7, 11) is 0.